The minimum Gasteiger partial charge on any atom is -0.316 e. The van der Waals surface area contributed by atoms with Gasteiger partial charge in [-0.05, 0) is 44.3 Å². The molecule has 2 fully saturated rings. The van der Waals surface area contributed by atoms with E-state index in [0.29, 0.717) is 6.54 Å². The molecule has 7 heteroatoms. The molecule has 0 bridgehead atoms. The van der Waals surface area contributed by atoms with Crippen molar-refractivity contribution < 1.29 is 8.42 Å². The maximum Gasteiger partial charge on any atom is 0.210 e. The number of nitrogens with two attached hydrogens (primary N) is 1. The first kappa shape index (κ1) is 15.2. The van der Waals surface area contributed by atoms with Gasteiger partial charge in [-0.15, -0.1) is 12.4 Å². The van der Waals surface area contributed by atoms with Gasteiger partial charge >= 0.3 is 0 Å². The Bertz CT molecular complexity index is 332. The van der Waals surface area contributed by atoms with Gasteiger partial charge in [0.15, 0.2) is 0 Å². The summed E-state index contributed by atoms with van der Waals surface area (Å²) in [6.45, 7) is 4.92. The van der Waals surface area contributed by atoms with Crippen LogP contribution in [0, 0.1) is 11.8 Å². The Labute approximate surface area is 110 Å². The van der Waals surface area contributed by atoms with E-state index in [0.717, 1.165) is 38.0 Å². The number of rotatable bonds is 4. The molecule has 102 valence electrons. The first-order valence-electron chi connectivity index (χ1n) is 5.98. The molecule has 0 saturated carbocycles. The van der Waals surface area contributed by atoms with Gasteiger partial charge in [0.05, 0.1) is 5.75 Å². The quantitative estimate of drug-likeness (QED) is 0.738. The van der Waals surface area contributed by atoms with E-state index in [4.69, 9.17) is 5.14 Å². The van der Waals surface area contributed by atoms with Gasteiger partial charge < -0.3 is 10.2 Å². The van der Waals surface area contributed by atoms with Crippen LogP contribution < -0.4 is 10.5 Å². The standard InChI is InChI=1S/C10H21N3O2S.ClH/c11-16(14,15)5-4-13-3-1-2-9(8-13)10-6-12-7-10;/h9-10,12H,1-8H2,(H2,11,14,15);1H/t9-;/m0./s1. The van der Waals surface area contributed by atoms with Crippen molar-refractivity contribution in [2.75, 3.05) is 38.5 Å². The second-order valence-corrected chi connectivity index (χ2v) is 6.72. The summed E-state index contributed by atoms with van der Waals surface area (Å²) in [5, 5.41) is 8.32. The SMILES string of the molecule is Cl.NS(=O)(=O)CCN1CCC[C@H](C2CNC2)C1. The van der Waals surface area contributed by atoms with E-state index in [1.807, 2.05) is 0 Å². The van der Waals surface area contributed by atoms with Gasteiger partial charge in [0.25, 0.3) is 0 Å². The average Bonchev–Trinajstić information content (AvgIpc) is 2.12. The third kappa shape index (κ3) is 4.71. The van der Waals surface area contributed by atoms with Gasteiger partial charge in [-0.3, -0.25) is 0 Å². The molecular weight excluding hydrogens is 262 g/mol. The number of likely N-dealkylation sites (tertiary alicyclic amines) is 1. The number of piperidine rings is 1. The third-order valence-corrected chi connectivity index (χ3v) is 4.47. The molecule has 2 aliphatic rings. The Kier molecular flexibility index (Phi) is 5.66. The molecule has 0 radical (unpaired) electrons. The van der Waals surface area contributed by atoms with E-state index in [2.05, 4.69) is 10.2 Å². The van der Waals surface area contributed by atoms with E-state index in [-0.39, 0.29) is 18.2 Å². The number of halogens is 1. The fraction of sp³-hybridized carbons (Fsp3) is 1.00. The largest absolute Gasteiger partial charge is 0.316 e. The lowest BCUT2D eigenvalue weighted by Crippen LogP contribution is -2.51. The van der Waals surface area contributed by atoms with E-state index < -0.39 is 10.0 Å². The first-order valence-corrected chi connectivity index (χ1v) is 7.70. The summed E-state index contributed by atoms with van der Waals surface area (Å²) < 4.78 is 21.8. The molecule has 0 aromatic heterocycles. The van der Waals surface area contributed by atoms with Crippen LogP contribution in [0.5, 0.6) is 0 Å². The molecule has 0 spiro atoms. The minimum absolute atomic E-state index is 0. The van der Waals surface area contributed by atoms with Gasteiger partial charge in [0.2, 0.25) is 10.0 Å². The maximum atomic E-state index is 10.9. The zero-order valence-corrected chi connectivity index (χ0v) is 11.6. The van der Waals surface area contributed by atoms with E-state index >= 15 is 0 Å². The third-order valence-electron chi connectivity index (χ3n) is 3.71. The molecule has 0 unspecified atom stereocenters. The molecule has 0 amide bonds. The second-order valence-electron chi connectivity index (χ2n) is 4.99. The molecule has 0 aromatic carbocycles. The molecule has 2 saturated heterocycles. The van der Waals surface area contributed by atoms with Gasteiger partial charge in [0.1, 0.15) is 0 Å². The van der Waals surface area contributed by atoms with Crippen molar-refractivity contribution in [3.8, 4) is 0 Å². The Morgan fingerprint density at radius 3 is 2.53 bits per heavy atom. The van der Waals surface area contributed by atoms with Crippen molar-refractivity contribution in [1.29, 1.82) is 0 Å². The summed E-state index contributed by atoms with van der Waals surface area (Å²) in [7, 11) is -3.31. The fourth-order valence-electron chi connectivity index (χ4n) is 2.58. The van der Waals surface area contributed by atoms with Crippen molar-refractivity contribution in [3.05, 3.63) is 0 Å². The van der Waals surface area contributed by atoms with E-state index in [1.165, 1.54) is 12.8 Å². The highest BCUT2D eigenvalue weighted by atomic mass is 35.5. The predicted molar refractivity (Wildman–Crippen MR) is 70.7 cm³/mol. The average molecular weight is 284 g/mol. The summed E-state index contributed by atoms with van der Waals surface area (Å²) in [6.07, 6.45) is 2.48. The summed E-state index contributed by atoms with van der Waals surface area (Å²) >= 11 is 0. The fourth-order valence-corrected chi connectivity index (χ4v) is 3.09. The Hall–Kier alpha value is 0.120. The van der Waals surface area contributed by atoms with Crippen molar-refractivity contribution in [2.24, 2.45) is 17.0 Å². The van der Waals surface area contributed by atoms with Crippen LogP contribution in [0.3, 0.4) is 0 Å². The molecule has 0 aromatic rings. The molecule has 0 aliphatic carbocycles. The van der Waals surface area contributed by atoms with Crippen LogP contribution in [-0.2, 0) is 10.0 Å². The first-order chi connectivity index (χ1) is 7.54. The molecular formula is C10H22ClN3O2S. The van der Waals surface area contributed by atoms with Gasteiger partial charge in [-0.2, -0.15) is 0 Å². The van der Waals surface area contributed by atoms with Crippen LogP contribution in [0.1, 0.15) is 12.8 Å². The molecule has 3 N–H and O–H groups in total. The van der Waals surface area contributed by atoms with Crippen molar-refractivity contribution in [1.82, 2.24) is 10.2 Å². The summed E-state index contributed by atoms with van der Waals surface area (Å²) in [6, 6.07) is 0. The normalized spacial score (nSPS) is 27.2. The number of hydrogen-bond donors (Lipinski definition) is 2. The molecule has 2 rings (SSSR count). The Morgan fingerprint density at radius 1 is 1.29 bits per heavy atom. The smallest absolute Gasteiger partial charge is 0.210 e. The highest BCUT2D eigenvalue weighted by Gasteiger charge is 2.30. The molecule has 5 nitrogen and oxygen atoms in total. The summed E-state index contributed by atoms with van der Waals surface area (Å²) in [4.78, 5) is 2.25. The number of nitrogens with zero attached hydrogens (tertiary/aromatic N) is 1. The number of hydrogen-bond acceptors (Lipinski definition) is 4. The van der Waals surface area contributed by atoms with Crippen LogP contribution in [0.2, 0.25) is 0 Å². The second kappa shape index (κ2) is 6.33. The molecule has 1 atom stereocenters. The number of nitrogens with one attached hydrogen (secondary N) is 1. The van der Waals surface area contributed by atoms with Crippen LogP contribution in [0.25, 0.3) is 0 Å². The number of sulfonamides is 1. The molecule has 2 heterocycles. The monoisotopic (exact) mass is 283 g/mol. The lowest BCUT2D eigenvalue weighted by molar-refractivity contribution is 0.113. The highest BCUT2D eigenvalue weighted by molar-refractivity contribution is 7.89. The zero-order valence-electron chi connectivity index (χ0n) is 9.97. The zero-order chi connectivity index (χ0) is 11.6. The Balaban J connectivity index is 0.00000144. The van der Waals surface area contributed by atoms with Crippen LogP contribution in [-0.4, -0.2) is 51.8 Å². The van der Waals surface area contributed by atoms with Gasteiger partial charge in [-0.25, -0.2) is 13.6 Å². The lowest BCUT2D eigenvalue weighted by atomic mass is 9.82. The van der Waals surface area contributed by atoms with Gasteiger partial charge in [-0.1, -0.05) is 0 Å². The van der Waals surface area contributed by atoms with Gasteiger partial charge in [0, 0.05) is 13.1 Å². The molecule has 17 heavy (non-hydrogen) atoms. The van der Waals surface area contributed by atoms with Crippen molar-refractivity contribution in [3.63, 3.8) is 0 Å². The van der Waals surface area contributed by atoms with Crippen LogP contribution in [0.4, 0.5) is 0 Å². The summed E-state index contributed by atoms with van der Waals surface area (Å²) in [5.41, 5.74) is 0. The van der Waals surface area contributed by atoms with Crippen molar-refractivity contribution >= 4 is 22.4 Å². The highest BCUT2D eigenvalue weighted by Crippen LogP contribution is 2.26. The van der Waals surface area contributed by atoms with Crippen molar-refractivity contribution in [2.45, 2.75) is 12.8 Å². The molecule has 2 aliphatic heterocycles. The van der Waals surface area contributed by atoms with Crippen LogP contribution >= 0.6 is 12.4 Å². The topological polar surface area (TPSA) is 75.4 Å². The predicted octanol–water partition coefficient (Wildman–Crippen LogP) is -0.372. The Morgan fingerprint density at radius 2 is 2.00 bits per heavy atom. The van der Waals surface area contributed by atoms with E-state index in [1.54, 1.807) is 0 Å². The summed E-state index contributed by atoms with van der Waals surface area (Å²) in [5.74, 6) is 1.63. The number of primary sulfonamides is 1. The van der Waals surface area contributed by atoms with E-state index in [9.17, 15) is 8.42 Å². The maximum absolute atomic E-state index is 10.9. The van der Waals surface area contributed by atoms with Crippen LogP contribution in [0.15, 0.2) is 0 Å². The minimum atomic E-state index is -3.31. The lowest BCUT2D eigenvalue weighted by Gasteiger charge is -2.41.